The number of aromatic nitrogens is 3. The third kappa shape index (κ3) is 4.43. The summed E-state index contributed by atoms with van der Waals surface area (Å²) in [6.07, 6.45) is 1.08. The van der Waals surface area contributed by atoms with E-state index in [1.54, 1.807) is 16.8 Å². The summed E-state index contributed by atoms with van der Waals surface area (Å²) < 4.78 is 7.00. The zero-order chi connectivity index (χ0) is 23.5. The minimum Gasteiger partial charge on any atom is -0.497 e. The van der Waals surface area contributed by atoms with Crippen LogP contribution >= 0.6 is 11.8 Å². The van der Waals surface area contributed by atoms with E-state index in [0.717, 1.165) is 22.4 Å². The van der Waals surface area contributed by atoms with Crippen LogP contribution in [0.25, 0.3) is 5.70 Å². The molecule has 1 aliphatic rings. The van der Waals surface area contributed by atoms with Crippen molar-refractivity contribution in [3.63, 3.8) is 0 Å². The highest BCUT2D eigenvalue weighted by atomic mass is 32.2. The number of carbonyl (C=O) groups excluding carboxylic acids is 2. The van der Waals surface area contributed by atoms with Gasteiger partial charge in [-0.2, -0.15) is 0 Å². The number of ether oxygens (including phenoxy) is 1. The molecular formula is C25H26N4O3S. The Morgan fingerprint density at radius 2 is 1.67 bits per heavy atom. The van der Waals surface area contributed by atoms with Gasteiger partial charge < -0.3 is 4.74 Å². The lowest BCUT2D eigenvalue weighted by Crippen LogP contribution is -2.43. The van der Waals surface area contributed by atoms with Gasteiger partial charge in [-0.1, -0.05) is 55.8 Å². The van der Waals surface area contributed by atoms with E-state index in [-0.39, 0.29) is 18.1 Å². The Morgan fingerprint density at radius 3 is 2.27 bits per heavy atom. The lowest BCUT2D eigenvalue weighted by molar-refractivity contribution is -0.119. The first-order chi connectivity index (χ1) is 16.0. The number of hydrogen-bond acceptors (Lipinski definition) is 6. The SMILES string of the molecule is CCC(=O)C1=C(c2ccc(C)cc2)N(C(=O)CC)n2c(Cc3ccc(OC)cc3)nnc2S1. The fourth-order valence-electron chi connectivity index (χ4n) is 3.63. The summed E-state index contributed by atoms with van der Waals surface area (Å²) in [6, 6.07) is 15.6. The number of thioether (sulfide) groups is 1. The van der Waals surface area contributed by atoms with Crippen molar-refractivity contribution in [2.24, 2.45) is 0 Å². The summed E-state index contributed by atoms with van der Waals surface area (Å²) in [5, 5.41) is 10.8. The molecule has 2 heterocycles. The molecule has 0 N–H and O–H groups in total. The first-order valence-electron chi connectivity index (χ1n) is 10.9. The van der Waals surface area contributed by atoms with Crippen molar-refractivity contribution < 1.29 is 14.3 Å². The molecule has 33 heavy (non-hydrogen) atoms. The Morgan fingerprint density at radius 1 is 0.970 bits per heavy atom. The highest BCUT2D eigenvalue weighted by Gasteiger charge is 2.36. The molecule has 3 aromatic rings. The lowest BCUT2D eigenvalue weighted by Gasteiger charge is -2.33. The standard InChI is InChI=1S/C25H26N4O3S/c1-5-20(30)24-23(18-11-7-16(3)8-12-18)29(22(31)6-2)28-21(26-27-25(28)33-24)15-17-9-13-19(32-4)14-10-17/h7-14H,5-6,15H2,1-4H3. The Labute approximate surface area is 197 Å². The number of hydrogen-bond donors (Lipinski definition) is 0. The number of rotatable bonds is 7. The van der Waals surface area contributed by atoms with Gasteiger partial charge >= 0.3 is 0 Å². The highest BCUT2D eigenvalue weighted by molar-refractivity contribution is 8.04. The van der Waals surface area contributed by atoms with Crippen LogP contribution in [-0.4, -0.2) is 33.7 Å². The number of allylic oxidation sites excluding steroid dienone is 1. The molecule has 0 bridgehead atoms. The van der Waals surface area contributed by atoms with Gasteiger partial charge in [0.25, 0.3) is 0 Å². The van der Waals surface area contributed by atoms with Crippen molar-refractivity contribution in [3.8, 4) is 5.75 Å². The van der Waals surface area contributed by atoms with E-state index >= 15 is 0 Å². The van der Waals surface area contributed by atoms with Crippen molar-refractivity contribution in [3.05, 3.63) is 76.0 Å². The van der Waals surface area contributed by atoms with E-state index in [1.807, 2.05) is 69.3 Å². The molecule has 1 aromatic heterocycles. The first kappa shape index (κ1) is 22.8. The molecule has 0 fully saturated rings. The number of aryl methyl sites for hydroxylation is 1. The third-order valence-electron chi connectivity index (χ3n) is 5.46. The quantitative estimate of drug-likeness (QED) is 0.514. The Balaban J connectivity index is 1.85. The monoisotopic (exact) mass is 462 g/mol. The molecule has 0 unspecified atom stereocenters. The third-order valence-corrected chi connectivity index (χ3v) is 6.52. The zero-order valence-corrected chi connectivity index (χ0v) is 20.0. The summed E-state index contributed by atoms with van der Waals surface area (Å²) in [5.74, 6) is 1.23. The van der Waals surface area contributed by atoms with Crippen LogP contribution < -0.4 is 9.75 Å². The molecule has 0 saturated heterocycles. The number of ketones is 1. The second-order valence-corrected chi connectivity index (χ2v) is 8.69. The van der Waals surface area contributed by atoms with Crippen LogP contribution in [0.1, 0.15) is 49.2 Å². The fraction of sp³-hybridized carbons (Fsp3) is 0.280. The molecule has 1 amide bonds. The summed E-state index contributed by atoms with van der Waals surface area (Å²) in [6.45, 7) is 5.64. The van der Waals surface area contributed by atoms with Gasteiger partial charge in [0.05, 0.1) is 17.7 Å². The number of benzene rings is 2. The second kappa shape index (κ2) is 9.62. The summed E-state index contributed by atoms with van der Waals surface area (Å²) in [7, 11) is 1.63. The average molecular weight is 463 g/mol. The van der Waals surface area contributed by atoms with E-state index < -0.39 is 0 Å². The Kier molecular flexibility index (Phi) is 6.65. The predicted octanol–water partition coefficient (Wildman–Crippen LogP) is 4.51. The minimum atomic E-state index is -0.135. The number of amides is 1. The number of Topliss-reactive ketones (excluding diaryl/α,β-unsaturated/α-hetero) is 1. The van der Waals surface area contributed by atoms with Crippen molar-refractivity contribution in [1.82, 2.24) is 14.9 Å². The maximum atomic E-state index is 13.3. The predicted molar refractivity (Wildman–Crippen MR) is 129 cm³/mol. The molecule has 0 radical (unpaired) electrons. The van der Waals surface area contributed by atoms with Crippen molar-refractivity contribution in [2.45, 2.75) is 45.2 Å². The molecule has 0 atom stereocenters. The zero-order valence-electron chi connectivity index (χ0n) is 19.2. The average Bonchev–Trinajstić information content (AvgIpc) is 3.25. The number of nitrogens with zero attached hydrogens (tertiary/aromatic N) is 4. The van der Waals surface area contributed by atoms with Crippen LogP contribution in [0, 0.1) is 6.92 Å². The van der Waals surface area contributed by atoms with Gasteiger partial charge in [0, 0.05) is 24.8 Å². The molecule has 170 valence electrons. The Bertz CT molecular complexity index is 1210. The molecule has 2 aromatic carbocycles. The van der Waals surface area contributed by atoms with Crippen molar-refractivity contribution in [1.29, 1.82) is 0 Å². The van der Waals surface area contributed by atoms with Gasteiger partial charge in [0.15, 0.2) is 11.6 Å². The summed E-state index contributed by atoms with van der Waals surface area (Å²) in [5.41, 5.74) is 3.50. The maximum Gasteiger partial charge on any atom is 0.246 e. The normalized spacial score (nSPS) is 13.2. The van der Waals surface area contributed by atoms with Gasteiger partial charge in [-0.3, -0.25) is 9.59 Å². The smallest absolute Gasteiger partial charge is 0.246 e. The Hall–Kier alpha value is -3.39. The van der Waals surface area contributed by atoms with Crippen molar-refractivity contribution in [2.75, 3.05) is 12.1 Å². The van der Waals surface area contributed by atoms with Crippen LogP contribution in [0.4, 0.5) is 0 Å². The molecule has 8 heteroatoms. The first-order valence-corrected chi connectivity index (χ1v) is 11.7. The fourth-order valence-corrected chi connectivity index (χ4v) is 4.73. The van der Waals surface area contributed by atoms with Gasteiger partial charge in [-0.05, 0) is 36.4 Å². The lowest BCUT2D eigenvalue weighted by atomic mass is 10.1. The van der Waals surface area contributed by atoms with E-state index in [0.29, 0.717) is 34.4 Å². The summed E-state index contributed by atoms with van der Waals surface area (Å²) >= 11 is 1.27. The van der Waals surface area contributed by atoms with Gasteiger partial charge in [0.1, 0.15) is 5.75 Å². The van der Waals surface area contributed by atoms with Gasteiger partial charge in [-0.15, -0.1) is 10.2 Å². The van der Waals surface area contributed by atoms with E-state index in [2.05, 4.69) is 10.2 Å². The van der Waals surface area contributed by atoms with Crippen LogP contribution in [0.2, 0.25) is 0 Å². The molecular weight excluding hydrogens is 436 g/mol. The number of fused-ring (bicyclic) bond motifs is 1. The molecule has 0 spiro atoms. The number of methoxy groups -OCH3 is 1. The van der Waals surface area contributed by atoms with Gasteiger partial charge in [0.2, 0.25) is 11.1 Å². The van der Waals surface area contributed by atoms with E-state index in [1.165, 1.54) is 11.8 Å². The van der Waals surface area contributed by atoms with Crippen LogP contribution in [0.3, 0.4) is 0 Å². The van der Waals surface area contributed by atoms with Crippen molar-refractivity contribution >= 4 is 29.1 Å². The molecule has 4 rings (SSSR count). The molecule has 0 aliphatic carbocycles. The largest absolute Gasteiger partial charge is 0.497 e. The van der Waals surface area contributed by atoms with E-state index in [9.17, 15) is 9.59 Å². The second-order valence-electron chi connectivity index (χ2n) is 7.72. The maximum absolute atomic E-state index is 13.3. The molecule has 7 nitrogen and oxygen atoms in total. The van der Waals surface area contributed by atoms with Crippen LogP contribution in [-0.2, 0) is 16.0 Å². The minimum absolute atomic E-state index is 0.0320. The summed E-state index contributed by atoms with van der Waals surface area (Å²) in [4.78, 5) is 26.8. The molecule has 0 saturated carbocycles. The van der Waals surface area contributed by atoms with Crippen LogP contribution in [0.15, 0.2) is 58.6 Å². The van der Waals surface area contributed by atoms with Crippen LogP contribution in [0.5, 0.6) is 5.75 Å². The highest BCUT2D eigenvalue weighted by Crippen LogP contribution is 2.40. The van der Waals surface area contributed by atoms with Gasteiger partial charge in [-0.25, -0.2) is 9.69 Å². The topological polar surface area (TPSA) is 77.3 Å². The number of carbonyl (C=O) groups is 2. The molecule has 1 aliphatic heterocycles. The van der Waals surface area contributed by atoms with E-state index in [4.69, 9.17) is 4.74 Å².